The van der Waals surface area contributed by atoms with Gasteiger partial charge in [0.1, 0.15) is 5.54 Å². The minimum Gasteiger partial charge on any atom is -0.493 e. The quantitative estimate of drug-likeness (QED) is 0.838. The van der Waals surface area contributed by atoms with Gasteiger partial charge in [-0.15, -0.1) is 0 Å². The maximum absolute atomic E-state index is 12.3. The molecule has 1 aromatic rings. The Hall–Kier alpha value is -2.24. The van der Waals surface area contributed by atoms with Gasteiger partial charge >= 0.3 is 5.97 Å². The molecule has 1 unspecified atom stereocenters. The summed E-state index contributed by atoms with van der Waals surface area (Å²) in [6, 6.07) is 3.22. The minimum absolute atomic E-state index is 0.278. The smallest absolute Gasteiger partial charge is 0.329 e. The monoisotopic (exact) mass is 295 g/mol. The molecule has 0 radical (unpaired) electrons. The molecule has 0 heterocycles. The number of aryl methyl sites for hydroxylation is 1. The first-order valence-corrected chi connectivity index (χ1v) is 6.57. The maximum Gasteiger partial charge on any atom is 0.329 e. The Morgan fingerprint density at radius 1 is 1.24 bits per heavy atom. The highest BCUT2D eigenvalue weighted by Crippen LogP contribution is 2.30. The second-order valence-electron chi connectivity index (χ2n) is 4.97. The van der Waals surface area contributed by atoms with E-state index in [1.807, 2.05) is 0 Å². The second kappa shape index (κ2) is 6.47. The number of hydrogen-bond donors (Lipinski definition) is 2. The molecule has 116 valence electrons. The predicted octanol–water partition coefficient (Wildman–Crippen LogP) is 2.00. The van der Waals surface area contributed by atoms with Gasteiger partial charge in [-0.25, -0.2) is 4.79 Å². The van der Waals surface area contributed by atoms with Crippen LogP contribution in [0.5, 0.6) is 11.5 Å². The van der Waals surface area contributed by atoms with Gasteiger partial charge in [-0.05, 0) is 38.0 Å². The maximum atomic E-state index is 12.3. The fourth-order valence-electron chi connectivity index (χ4n) is 1.84. The molecule has 0 aliphatic rings. The van der Waals surface area contributed by atoms with Crippen molar-refractivity contribution in [2.75, 3.05) is 14.2 Å². The number of ether oxygens (including phenoxy) is 2. The van der Waals surface area contributed by atoms with Crippen LogP contribution < -0.4 is 14.8 Å². The van der Waals surface area contributed by atoms with Crippen LogP contribution in [0.4, 0.5) is 0 Å². The van der Waals surface area contributed by atoms with Crippen molar-refractivity contribution in [1.82, 2.24) is 5.32 Å². The molecule has 0 spiro atoms. The van der Waals surface area contributed by atoms with E-state index < -0.39 is 17.4 Å². The molecular formula is C15H21NO5. The molecule has 0 saturated heterocycles. The van der Waals surface area contributed by atoms with E-state index in [9.17, 15) is 14.7 Å². The zero-order chi connectivity index (χ0) is 16.2. The Balaban J connectivity index is 3.16. The van der Waals surface area contributed by atoms with Crippen LogP contribution in [-0.2, 0) is 4.79 Å². The molecule has 0 bridgehead atoms. The number of carbonyl (C=O) groups is 2. The van der Waals surface area contributed by atoms with E-state index >= 15 is 0 Å². The van der Waals surface area contributed by atoms with Crippen molar-refractivity contribution in [1.29, 1.82) is 0 Å². The fraction of sp³-hybridized carbons (Fsp3) is 0.467. The lowest BCUT2D eigenvalue weighted by Crippen LogP contribution is -2.51. The van der Waals surface area contributed by atoms with Crippen LogP contribution in [0.2, 0.25) is 0 Å². The molecule has 0 saturated carbocycles. The van der Waals surface area contributed by atoms with Crippen LogP contribution in [0.3, 0.4) is 0 Å². The molecule has 6 heteroatoms. The van der Waals surface area contributed by atoms with E-state index in [0.717, 1.165) is 0 Å². The highest BCUT2D eigenvalue weighted by atomic mass is 16.5. The average Bonchev–Trinajstić information content (AvgIpc) is 2.46. The number of carboxylic acids is 1. The van der Waals surface area contributed by atoms with Crippen LogP contribution in [0.25, 0.3) is 0 Å². The second-order valence-corrected chi connectivity index (χ2v) is 4.97. The third-order valence-corrected chi connectivity index (χ3v) is 3.54. The molecule has 1 amide bonds. The molecule has 0 fully saturated rings. The molecule has 0 aromatic heterocycles. The van der Waals surface area contributed by atoms with Crippen LogP contribution in [0.1, 0.15) is 36.2 Å². The van der Waals surface area contributed by atoms with E-state index in [-0.39, 0.29) is 6.42 Å². The summed E-state index contributed by atoms with van der Waals surface area (Å²) in [6.45, 7) is 4.93. The Bertz CT molecular complexity index is 555. The van der Waals surface area contributed by atoms with Gasteiger partial charge in [-0.3, -0.25) is 4.79 Å². The third kappa shape index (κ3) is 3.45. The number of methoxy groups -OCH3 is 2. The Kier molecular flexibility index (Phi) is 5.18. The lowest BCUT2D eigenvalue weighted by atomic mass is 9.97. The van der Waals surface area contributed by atoms with Crippen molar-refractivity contribution in [2.45, 2.75) is 32.7 Å². The summed E-state index contributed by atoms with van der Waals surface area (Å²) in [6.07, 6.45) is 0.278. The topological polar surface area (TPSA) is 84.9 Å². The summed E-state index contributed by atoms with van der Waals surface area (Å²) in [7, 11) is 2.98. The highest BCUT2D eigenvalue weighted by Gasteiger charge is 2.33. The number of aliphatic carboxylic acids is 1. The van der Waals surface area contributed by atoms with Crippen molar-refractivity contribution in [2.24, 2.45) is 0 Å². The Morgan fingerprint density at radius 2 is 1.76 bits per heavy atom. The molecule has 6 nitrogen and oxygen atoms in total. The lowest BCUT2D eigenvalue weighted by Gasteiger charge is -2.25. The summed E-state index contributed by atoms with van der Waals surface area (Å²) < 4.78 is 10.3. The molecule has 0 aliphatic carbocycles. The van der Waals surface area contributed by atoms with Gasteiger partial charge in [0, 0.05) is 5.56 Å². The summed E-state index contributed by atoms with van der Waals surface area (Å²) in [5, 5.41) is 11.8. The van der Waals surface area contributed by atoms with Crippen LogP contribution in [0.15, 0.2) is 12.1 Å². The first-order chi connectivity index (χ1) is 9.78. The number of rotatable bonds is 6. The molecule has 0 aliphatic heterocycles. The Morgan fingerprint density at radius 3 is 2.19 bits per heavy atom. The molecule has 1 atom stereocenters. The van der Waals surface area contributed by atoms with Gasteiger partial charge in [0.2, 0.25) is 0 Å². The van der Waals surface area contributed by atoms with E-state index in [2.05, 4.69) is 5.32 Å². The average molecular weight is 295 g/mol. The van der Waals surface area contributed by atoms with Gasteiger partial charge in [0.05, 0.1) is 14.2 Å². The molecule has 2 N–H and O–H groups in total. The summed E-state index contributed by atoms with van der Waals surface area (Å²) in [4.78, 5) is 23.6. The molecular weight excluding hydrogens is 274 g/mol. The third-order valence-electron chi connectivity index (χ3n) is 3.54. The van der Waals surface area contributed by atoms with E-state index in [0.29, 0.717) is 22.6 Å². The van der Waals surface area contributed by atoms with Crippen LogP contribution in [0, 0.1) is 6.92 Å². The van der Waals surface area contributed by atoms with E-state index in [1.54, 1.807) is 26.0 Å². The minimum atomic E-state index is -1.31. The van der Waals surface area contributed by atoms with Crippen molar-refractivity contribution >= 4 is 11.9 Å². The molecule has 1 aromatic carbocycles. The van der Waals surface area contributed by atoms with E-state index in [1.165, 1.54) is 21.1 Å². The standard InChI is InChI=1S/C15H21NO5/c1-6-15(3,14(18)19)16-13(17)10-8-12(21-5)11(20-4)7-9(10)2/h7-8H,6H2,1-5H3,(H,16,17)(H,18,19). The number of carboxylic acid groups (broad SMARTS) is 1. The zero-order valence-electron chi connectivity index (χ0n) is 12.9. The first kappa shape index (κ1) is 16.8. The summed E-state index contributed by atoms with van der Waals surface area (Å²) in [5.41, 5.74) is -0.279. The van der Waals surface area contributed by atoms with Gasteiger partial charge in [0.15, 0.2) is 11.5 Å². The number of amides is 1. The predicted molar refractivity (Wildman–Crippen MR) is 78.1 cm³/mol. The highest BCUT2D eigenvalue weighted by molar-refractivity contribution is 5.99. The number of hydrogen-bond acceptors (Lipinski definition) is 4. The number of carbonyl (C=O) groups excluding carboxylic acids is 1. The van der Waals surface area contributed by atoms with Crippen molar-refractivity contribution < 1.29 is 24.2 Å². The Labute approximate surface area is 124 Å². The fourth-order valence-corrected chi connectivity index (χ4v) is 1.84. The molecule has 1 rings (SSSR count). The van der Waals surface area contributed by atoms with E-state index in [4.69, 9.17) is 9.47 Å². The zero-order valence-corrected chi connectivity index (χ0v) is 12.9. The normalized spacial score (nSPS) is 13.2. The molecule has 21 heavy (non-hydrogen) atoms. The van der Waals surface area contributed by atoms with Gasteiger partial charge in [-0.2, -0.15) is 0 Å². The van der Waals surface area contributed by atoms with Gasteiger partial charge in [-0.1, -0.05) is 6.92 Å². The van der Waals surface area contributed by atoms with Gasteiger partial charge in [0.25, 0.3) is 5.91 Å². The summed E-state index contributed by atoms with van der Waals surface area (Å²) in [5.74, 6) is -0.596. The summed E-state index contributed by atoms with van der Waals surface area (Å²) >= 11 is 0. The first-order valence-electron chi connectivity index (χ1n) is 6.57. The lowest BCUT2D eigenvalue weighted by molar-refractivity contribution is -0.143. The van der Waals surface area contributed by atoms with Crippen LogP contribution >= 0.6 is 0 Å². The number of benzene rings is 1. The number of nitrogens with one attached hydrogen (secondary N) is 1. The van der Waals surface area contributed by atoms with Crippen molar-refractivity contribution in [3.8, 4) is 11.5 Å². The van der Waals surface area contributed by atoms with Gasteiger partial charge < -0.3 is 19.9 Å². The van der Waals surface area contributed by atoms with Crippen LogP contribution in [-0.4, -0.2) is 36.7 Å². The largest absolute Gasteiger partial charge is 0.493 e. The van der Waals surface area contributed by atoms with Crippen molar-refractivity contribution in [3.05, 3.63) is 23.3 Å². The SMILES string of the molecule is CCC(C)(NC(=O)c1cc(OC)c(OC)cc1C)C(=O)O. The van der Waals surface area contributed by atoms with Crippen molar-refractivity contribution in [3.63, 3.8) is 0 Å².